The molecule has 4 unspecified atom stereocenters. The zero-order chi connectivity index (χ0) is 27.5. The van der Waals surface area contributed by atoms with Crippen LogP contribution in [0, 0.1) is 13.8 Å². The highest BCUT2D eigenvalue weighted by Crippen LogP contribution is 2.53. The molecule has 2 bridgehead atoms. The number of hydrogen-bond donors (Lipinski definition) is 0. The summed E-state index contributed by atoms with van der Waals surface area (Å²) in [6, 6.07) is 22.9. The van der Waals surface area contributed by atoms with E-state index in [4.69, 9.17) is 0 Å². The van der Waals surface area contributed by atoms with E-state index in [0.717, 1.165) is 4.48 Å². The molecule has 208 valence electrons. The summed E-state index contributed by atoms with van der Waals surface area (Å²) in [5.74, 6) is 1.30. The molecule has 3 aliphatic rings. The summed E-state index contributed by atoms with van der Waals surface area (Å²) in [7, 11) is 7.47. The first-order valence-corrected chi connectivity index (χ1v) is 16.2. The second-order valence-corrected chi connectivity index (χ2v) is 15.8. The van der Waals surface area contributed by atoms with Crippen LogP contribution in [0.15, 0.2) is 60.7 Å². The third-order valence-corrected chi connectivity index (χ3v) is 12.9. The van der Waals surface area contributed by atoms with E-state index in [9.17, 15) is 0 Å². The van der Waals surface area contributed by atoms with E-state index in [1.165, 1.54) is 102 Å². The van der Waals surface area contributed by atoms with Gasteiger partial charge in [0.25, 0.3) is 0 Å². The van der Waals surface area contributed by atoms with Crippen molar-refractivity contribution in [2.45, 2.75) is 43.9 Å². The molecule has 3 nitrogen and oxygen atoms in total. The third-order valence-electron chi connectivity index (χ3n) is 11.4. The normalized spacial score (nSPS) is 33.9. The summed E-state index contributed by atoms with van der Waals surface area (Å²) in [4.78, 5) is 0. The van der Waals surface area contributed by atoms with Gasteiger partial charge in [-0.3, -0.25) is 0 Å². The van der Waals surface area contributed by atoms with E-state index in [1.807, 2.05) is 0 Å². The van der Waals surface area contributed by atoms with Gasteiger partial charge in [-0.15, -0.1) is 11.8 Å². The molecular formula is C35H50N3S+3. The number of quaternary nitrogens is 3. The van der Waals surface area contributed by atoms with Crippen LogP contribution in [0.25, 0.3) is 10.8 Å². The van der Waals surface area contributed by atoms with E-state index in [1.54, 1.807) is 11.1 Å². The Bertz CT molecular complexity index is 1380. The first kappa shape index (κ1) is 27.3. The van der Waals surface area contributed by atoms with E-state index >= 15 is 0 Å². The topological polar surface area (TPSA) is 0 Å². The van der Waals surface area contributed by atoms with Crippen molar-refractivity contribution in [1.29, 1.82) is 0 Å². The summed E-state index contributed by atoms with van der Waals surface area (Å²) < 4.78 is 3.91. The lowest BCUT2D eigenvalue weighted by atomic mass is 9.82. The highest BCUT2D eigenvalue weighted by Gasteiger charge is 2.56. The molecule has 4 atom stereocenters. The van der Waals surface area contributed by atoms with Crippen molar-refractivity contribution in [3.8, 4) is 0 Å². The number of nitrogens with zero attached hydrogens (tertiary/aromatic N) is 3. The Morgan fingerprint density at radius 2 is 1.54 bits per heavy atom. The Kier molecular flexibility index (Phi) is 6.74. The van der Waals surface area contributed by atoms with Crippen LogP contribution in [0.3, 0.4) is 0 Å². The molecule has 0 N–H and O–H groups in total. The Labute approximate surface area is 241 Å². The molecule has 0 saturated carbocycles. The SMILES string of the molecule is Cc1ccccc1C1(C)C[N+](C)(CCC[N+]23CCSC(c4c(C)ccc5ccccc45)(CC2)C3)CC[N+]1(C)C. The number of benzene rings is 3. The number of likely N-dealkylation sites (N-methyl/N-ethyl adjacent to an activating group) is 2. The summed E-state index contributed by atoms with van der Waals surface area (Å²) in [5, 5.41) is 2.90. The van der Waals surface area contributed by atoms with E-state index in [2.05, 4.69) is 114 Å². The molecule has 3 heterocycles. The number of thioether (sulfide) groups is 1. The lowest BCUT2D eigenvalue weighted by molar-refractivity contribution is -1.05. The van der Waals surface area contributed by atoms with Gasteiger partial charge in [0, 0.05) is 31.1 Å². The number of piperazine rings is 1. The van der Waals surface area contributed by atoms with Crippen molar-refractivity contribution in [3.05, 3.63) is 82.9 Å². The molecule has 4 heteroatoms. The minimum atomic E-state index is 0.140. The molecule has 3 aromatic rings. The second kappa shape index (κ2) is 9.62. The van der Waals surface area contributed by atoms with Crippen molar-refractivity contribution in [2.75, 3.05) is 79.3 Å². The quantitative estimate of drug-likeness (QED) is 0.321. The maximum Gasteiger partial charge on any atom is 0.171 e. The van der Waals surface area contributed by atoms with Gasteiger partial charge in [-0.05, 0) is 41.3 Å². The average molecular weight is 545 g/mol. The van der Waals surface area contributed by atoms with Gasteiger partial charge in [0.15, 0.2) is 5.54 Å². The molecule has 39 heavy (non-hydrogen) atoms. The van der Waals surface area contributed by atoms with Gasteiger partial charge >= 0.3 is 0 Å². The number of hydrogen-bond acceptors (Lipinski definition) is 1. The van der Waals surface area contributed by atoms with Crippen LogP contribution in [0.4, 0.5) is 0 Å². The smallest absolute Gasteiger partial charge is 0.171 e. The molecule has 0 amide bonds. The first-order chi connectivity index (χ1) is 18.5. The van der Waals surface area contributed by atoms with E-state index in [-0.39, 0.29) is 10.3 Å². The fraction of sp³-hybridized carbons (Fsp3) is 0.543. The van der Waals surface area contributed by atoms with Crippen molar-refractivity contribution in [3.63, 3.8) is 0 Å². The molecule has 6 rings (SSSR count). The molecule has 3 aliphatic heterocycles. The number of aryl methyl sites for hydroxylation is 2. The van der Waals surface area contributed by atoms with Crippen LogP contribution in [0.5, 0.6) is 0 Å². The van der Waals surface area contributed by atoms with Crippen LogP contribution in [0.2, 0.25) is 0 Å². The Hall–Kier alpha value is -1.85. The minimum absolute atomic E-state index is 0.140. The standard InChI is InChI=1S/C35H50N3S/c1-28-12-7-10-15-32(28)34(3)26-37(6,23-22-36(34,4)5)19-11-20-38-21-18-35(27-38,39-25-24-38)33-29(2)16-17-30-13-8-9-14-31(30)33/h7-10,12-17H,11,18-27H2,1-6H3/q+3. The predicted molar refractivity (Wildman–Crippen MR) is 168 cm³/mol. The van der Waals surface area contributed by atoms with Crippen LogP contribution < -0.4 is 0 Å². The lowest BCUT2D eigenvalue weighted by Crippen LogP contribution is -2.72. The van der Waals surface area contributed by atoms with Gasteiger partial charge in [0.1, 0.15) is 19.6 Å². The monoisotopic (exact) mass is 544 g/mol. The highest BCUT2D eigenvalue weighted by atomic mass is 32.2. The molecule has 0 spiro atoms. The fourth-order valence-electron chi connectivity index (χ4n) is 8.74. The number of rotatable bonds is 6. The largest absolute Gasteiger partial charge is 0.321 e. The fourth-order valence-corrected chi connectivity index (χ4v) is 10.6. The molecule has 3 aromatic carbocycles. The molecule has 0 aromatic heterocycles. The molecular weight excluding hydrogens is 494 g/mol. The molecule has 0 aliphatic carbocycles. The van der Waals surface area contributed by atoms with Crippen molar-refractivity contribution >= 4 is 22.5 Å². The van der Waals surface area contributed by atoms with Gasteiger partial charge in [0.05, 0.1) is 58.6 Å². The third kappa shape index (κ3) is 4.56. The van der Waals surface area contributed by atoms with Crippen LogP contribution in [0.1, 0.15) is 42.0 Å². The van der Waals surface area contributed by atoms with Gasteiger partial charge in [0.2, 0.25) is 0 Å². The summed E-state index contributed by atoms with van der Waals surface area (Å²) in [5.41, 5.74) is 6.27. The maximum atomic E-state index is 2.55. The molecule has 3 saturated heterocycles. The van der Waals surface area contributed by atoms with Crippen LogP contribution >= 0.6 is 11.8 Å². The maximum absolute atomic E-state index is 2.55. The van der Waals surface area contributed by atoms with Crippen molar-refractivity contribution in [2.24, 2.45) is 0 Å². The van der Waals surface area contributed by atoms with Crippen molar-refractivity contribution in [1.82, 2.24) is 0 Å². The predicted octanol–water partition coefficient (Wildman–Crippen LogP) is 6.46. The van der Waals surface area contributed by atoms with E-state index < -0.39 is 0 Å². The van der Waals surface area contributed by atoms with Crippen LogP contribution in [-0.4, -0.2) is 92.7 Å². The Morgan fingerprint density at radius 1 is 0.769 bits per heavy atom. The average Bonchev–Trinajstić information content (AvgIpc) is 3.16. The van der Waals surface area contributed by atoms with E-state index in [0.29, 0.717) is 0 Å². The lowest BCUT2D eigenvalue weighted by Gasteiger charge is -2.56. The summed E-state index contributed by atoms with van der Waals surface area (Å²) in [6.07, 6.45) is 2.67. The Balaban J connectivity index is 1.19. The highest BCUT2D eigenvalue weighted by molar-refractivity contribution is 8.00. The first-order valence-electron chi connectivity index (χ1n) is 15.2. The zero-order valence-corrected chi connectivity index (χ0v) is 26.1. The molecule has 3 fully saturated rings. The second-order valence-electron chi connectivity index (χ2n) is 14.3. The summed E-state index contributed by atoms with van der Waals surface area (Å²) in [6.45, 7) is 17.6. The number of fused-ring (bicyclic) bond motifs is 3. The summed E-state index contributed by atoms with van der Waals surface area (Å²) >= 11 is 2.27. The van der Waals surface area contributed by atoms with Crippen LogP contribution in [-0.2, 0) is 10.3 Å². The van der Waals surface area contributed by atoms with Gasteiger partial charge < -0.3 is 13.4 Å². The van der Waals surface area contributed by atoms with Crippen molar-refractivity contribution < 1.29 is 13.4 Å². The van der Waals surface area contributed by atoms with Gasteiger partial charge in [-0.2, -0.15) is 0 Å². The zero-order valence-electron chi connectivity index (χ0n) is 25.3. The Morgan fingerprint density at radius 3 is 2.36 bits per heavy atom. The molecule has 0 radical (unpaired) electrons. The minimum Gasteiger partial charge on any atom is -0.321 e. The van der Waals surface area contributed by atoms with Gasteiger partial charge in [-0.1, -0.05) is 60.7 Å². The van der Waals surface area contributed by atoms with Gasteiger partial charge in [-0.25, -0.2) is 0 Å².